The molecule has 1 N–H and O–H groups in total. The van der Waals surface area contributed by atoms with Crippen molar-refractivity contribution in [2.75, 3.05) is 18.1 Å². The fourth-order valence-corrected chi connectivity index (χ4v) is 2.94. The van der Waals surface area contributed by atoms with Crippen LogP contribution < -0.4 is 10.4 Å². The zero-order valence-corrected chi connectivity index (χ0v) is 14.9. The van der Waals surface area contributed by atoms with Crippen molar-refractivity contribution in [3.05, 3.63) is 65.2 Å². The number of imide groups is 1. The van der Waals surface area contributed by atoms with Crippen LogP contribution in [-0.2, 0) is 16.0 Å². The number of carbonyl (C=O) groups excluding carboxylic acids is 3. The molecule has 0 atom stereocenters. The topological polar surface area (TPSA) is 69.7 Å². The molecule has 0 fully saturated rings. The summed E-state index contributed by atoms with van der Waals surface area (Å²) in [6, 6.07) is 14.7. The first-order valence-corrected chi connectivity index (χ1v) is 8.56. The van der Waals surface area contributed by atoms with E-state index in [4.69, 9.17) is 0 Å². The van der Waals surface area contributed by atoms with Gasteiger partial charge in [0.05, 0.1) is 12.1 Å². The summed E-state index contributed by atoms with van der Waals surface area (Å²) in [7, 11) is 0. The van der Waals surface area contributed by atoms with E-state index in [1.165, 1.54) is 0 Å². The van der Waals surface area contributed by atoms with Crippen molar-refractivity contribution < 1.29 is 14.4 Å². The van der Waals surface area contributed by atoms with E-state index in [0.717, 1.165) is 16.2 Å². The van der Waals surface area contributed by atoms with Crippen molar-refractivity contribution in [2.24, 2.45) is 0 Å². The highest BCUT2D eigenvalue weighted by atomic mass is 16.2. The number of benzene rings is 2. The second kappa shape index (κ2) is 7.39. The molecule has 0 aliphatic carbocycles. The summed E-state index contributed by atoms with van der Waals surface area (Å²) in [6.07, 6.45) is 0.130. The lowest BCUT2D eigenvalue weighted by Gasteiger charge is -2.28. The number of carbonyl (C=O) groups is 3. The third-order valence-corrected chi connectivity index (χ3v) is 4.36. The Kier molecular flexibility index (Phi) is 5.02. The van der Waals surface area contributed by atoms with Crippen molar-refractivity contribution in [1.82, 2.24) is 10.3 Å². The van der Waals surface area contributed by atoms with Crippen LogP contribution in [0.1, 0.15) is 28.4 Å². The molecule has 0 aromatic heterocycles. The Bertz CT molecular complexity index is 846. The van der Waals surface area contributed by atoms with Gasteiger partial charge in [-0.1, -0.05) is 35.9 Å². The van der Waals surface area contributed by atoms with E-state index in [1.807, 2.05) is 38.1 Å². The first kappa shape index (κ1) is 17.7. The van der Waals surface area contributed by atoms with Crippen molar-refractivity contribution >= 4 is 23.4 Å². The molecule has 0 saturated heterocycles. The fourth-order valence-electron chi connectivity index (χ4n) is 2.94. The number of hydrogen-bond acceptors (Lipinski definition) is 4. The molecule has 0 radical (unpaired) electrons. The maximum Gasteiger partial charge on any atom is 0.261 e. The van der Waals surface area contributed by atoms with Crippen LogP contribution in [0.25, 0.3) is 0 Å². The van der Waals surface area contributed by atoms with Gasteiger partial charge in [-0.3, -0.25) is 29.7 Å². The molecule has 3 rings (SSSR count). The SMILES string of the molecule is CCN(NC(=O)CN1C(=O)Cc2ccccc2C1=O)c1ccc(C)cc1. The first-order valence-electron chi connectivity index (χ1n) is 8.56. The number of nitrogens with one attached hydrogen (secondary N) is 1. The Hall–Kier alpha value is -3.15. The molecule has 0 saturated carbocycles. The van der Waals surface area contributed by atoms with Crippen LogP contribution in [0.4, 0.5) is 5.69 Å². The molecular weight excluding hydrogens is 330 g/mol. The molecule has 6 nitrogen and oxygen atoms in total. The van der Waals surface area contributed by atoms with Crippen LogP contribution >= 0.6 is 0 Å². The van der Waals surface area contributed by atoms with E-state index >= 15 is 0 Å². The van der Waals surface area contributed by atoms with E-state index in [0.29, 0.717) is 17.7 Å². The lowest BCUT2D eigenvalue weighted by molar-refractivity contribution is -0.133. The first-order chi connectivity index (χ1) is 12.5. The summed E-state index contributed by atoms with van der Waals surface area (Å²) in [5.74, 6) is -1.19. The minimum absolute atomic E-state index is 0.130. The predicted molar refractivity (Wildman–Crippen MR) is 98.5 cm³/mol. The average Bonchev–Trinajstić information content (AvgIpc) is 2.64. The van der Waals surface area contributed by atoms with Gasteiger partial charge in [-0.2, -0.15) is 0 Å². The molecule has 0 spiro atoms. The van der Waals surface area contributed by atoms with E-state index < -0.39 is 11.8 Å². The maximum atomic E-state index is 12.5. The zero-order chi connectivity index (χ0) is 18.7. The van der Waals surface area contributed by atoms with E-state index in [2.05, 4.69) is 5.43 Å². The second-order valence-electron chi connectivity index (χ2n) is 6.23. The largest absolute Gasteiger partial charge is 0.286 e. The van der Waals surface area contributed by atoms with E-state index in [-0.39, 0.29) is 18.9 Å². The molecule has 134 valence electrons. The van der Waals surface area contributed by atoms with Crippen molar-refractivity contribution in [1.29, 1.82) is 0 Å². The quantitative estimate of drug-likeness (QED) is 0.661. The fraction of sp³-hybridized carbons (Fsp3) is 0.250. The van der Waals surface area contributed by atoms with E-state index in [9.17, 15) is 14.4 Å². The predicted octanol–water partition coefficient (Wildman–Crippen LogP) is 2.08. The van der Waals surface area contributed by atoms with E-state index in [1.54, 1.807) is 29.3 Å². The van der Waals surface area contributed by atoms with Gasteiger partial charge < -0.3 is 0 Å². The number of fused-ring (bicyclic) bond motifs is 1. The van der Waals surface area contributed by atoms with Gasteiger partial charge in [-0.05, 0) is 37.6 Å². The van der Waals surface area contributed by atoms with Gasteiger partial charge in [-0.25, -0.2) is 0 Å². The molecule has 1 heterocycles. The molecule has 26 heavy (non-hydrogen) atoms. The summed E-state index contributed by atoms with van der Waals surface area (Å²) in [5, 5.41) is 1.69. The summed E-state index contributed by atoms with van der Waals surface area (Å²) >= 11 is 0. The Morgan fingerprint density at radius 2 is 1.81 bits per heavy atom. The Labute approximate surface area is 152 Å². The standard InChI is InChI=1S/C20H21N3O3/c1-3-23(16-10-8-14(2)9-11-16)21-18(24)13-22-19(25)12-15-6-4-5-7-17(15)20(22)26/h4-11H,3,12-13H2,1-2H3,(H,21,24). The number of aryl methyl sites for hydroxylation is 1. The molecule has 0 bridgehead atoms. The number of hydrogen-bond donors (Lipinski definition) is 1. The lowest BCUT2D eigenvalue weighted by atomic mass is 9.98. The van der Waals surface area contributed by atoms with Crippen molar-refractivity contribution in [3.8, 4) is 0 Å². The molecule has 1 aliphatic heterocycles. The zero-order valence-electron chi connectivity index (χ0n) is 14.9. The van der Waals surface area contributed by atoms with Gasteiger partial charge in [0.2, 0.25) is 5.91 Å². The number of rotatable bonds is 5. The minimum atomic E-state index is -0.426. The third-order valence-electron chi connectivity index (χ3n) is 4.36. The van der Waals surface area contributed by atoms with Gasteiger partial charge in [0.15, 0.2) is 0 Å². The third kappa shape index (κ3) is 3.59. The van der Waals surface area contributed by atoms with Crippen LogP contribution in [0, 0.1) is 6.92 Å². The maximum absolute atomic E-state index is 12.5. The molecule has 0 unspecified atom stereocenters. The van der Waals surface area contributed by atoms with Crippen LogP contribution in [0.2, 0.25) is 0 Å². The van der Waals surface area contributed by atoms with Gasteiger partial charge in [0.25, 0.3) is 11.8 Å². The van der Waals surface area contributed by atoms with Gasteiger partial charge in [0, 0.05) is 12.1 Å². The highest BCUT2D eigenvalue weighted by molar-refractivity contribution is 6.11. The normalized spacial score (nSPS) is 13.4. The van der Waals surface area contributed by atoms with Crippen molar-refractivity contribution in [3.63, 3.8) is 0 Å². The van der Waals surface area contributed by atoms with Crippen LogP contribution in [0.15, 0.2) is 48.5 Å². The van der Waals surface area contributed by atoms with Gasteiger partial charge >= 0.3 is 0 Å². The monoisotopic (exact) mass is 351 g/mol. The number of hydrazine groups is 1. The summed E-state index contributed by atoms with van der Waals surface area (Å²) in [6.45, 7) is 4.16. The Morgan fingerprint density at radius 3 is 2.50 bits per heavy atom. The minimum Gasteiger partial charge on any atom is -0.286 e. The molecule has 2 aromatic carbocycles. The molecule has 2 aromatic rings. The Morgan fingerprint density at radius 1 is 1.12 bits per heavy atom. The van der Waals surface area contributed by atoms with Gasteiger partial charge in [0.1, 0.15) is 6.54 Å². The molecule has 6 heteroatoms. The number of amides is 3. The second-order valence-corrected chi connectivity index (χ2v) is 6.23. The molecule has 3 amide bonds. The average molecular weight is 351 g/mol. The van der Waals surface area contributed by atoms with Crippen molar-refractivity contribution in [2.45, 2.75) is 20.3 Å². The molecular formula is C20H21N3O3. The Balaban J connectivity index is 1.70. The van der Waals surface area contributed by atoms with Crippen LogP contribution in [-0.4, -0.2) is 35.7 Å². The van der Waals surface area contributed by atoms with Crippen LogP contribution in [0.3, 0.4) is 0 Å². The lowest BCUT2D eigenvalue weighted by Crippen LogP contribution is -2.51. The van der Waals surface area contributed by atoms with Gasteiger partial charge in [-0.15, -0.1) is 0 Å². The molecule has 1 aliphatic rings. The number of nitrogens with zero attached hydrogens (tertiary/aromatic N) is 2. The summed E-state index contributed by atoms with van der Waals surface area (Å²) in [4.78, 5) is 38.3. The summed E-state index contributed by atoms with van der Waals surface area (Å²) in [5.41, 5.74) is 5.91. The number of anilines is 1. The highest BCUT2D eigenvalue weighted by Gasteiger charge is 2.32. The smallest absolute Gasteiger partial charge is 0.261 e. The summed E-state index contributed by atoms with van der Waals surface area (Å²) < 4.78 is 0. The highest BCUT2D eigenvalue weighted by Crippen LogP contribution is 2.19. The van der Waals surface area contributed by atoms with Crippen LogP contribution in [0.5, 0.6) is 0 Å².